The minimum Gasteiger partial charge on any atom is -0.454 e. The molecule has 2 rings (SSSR count). The number of allylic oxidation sites excluding steroid dienone is 3. The van der Waals surface area contributed by atoms with E-state index in [1.165, 1.54) is 12.3 Å². The standard InChI is InChI=1S/C23H33N3O4S.C7H9N/c1-4-7-14-26(15-8-5-2)20-16-18(23(27)25-6-3)17-21(31(24,28)29)22(20)30-19-12-10-9-11-13-19;1-3-5-6-7-8-4-2/h9-13,16-17H,4-8,14-15H2,1-3H3,(H,25,27)(H2,24,28,29);3-7H,1-2H2/b;6-5-,8-7?. The number of para-hydroxylation sites is 1. The number of hydrogen-bond donors (Lipinski definition) is 2. The summed E-state index contributed by atoms with van der Waals surface area (Å²) in [6.07, 6.45) is 12.2. The van der Waals surface area contributed by atoms with E-state index in [9.17, 15) is 13.2 Å². The second-order valence-electron chi connectivity index (χ2n) is 8.44. The Morgan fingerprint density at radius 3 is 2.21 bits per heavy atom. The maximum atomic E-state index is 12.6. The first-order chi connectivity index (χ1) is 18.7. The first kappa shape index (κ1) is 33.3. The maximum absolute atomic E-state index is 12.6. The Morgan fingerprint density at radius 2 is 1.69 bits per heavy atom. The lowest BCUT2D eigenvalue weighted by Crippen LogP contribution is -2.29. The summed E-state index contributed by atoms with van der Waals surface area (Å²) < 4.78 is 31.1. The normalized spacial score (nSPS) is 11.1. The van der Waals surface area contributed by atoms with Gasteiger partial charge in [-0.25, -0.2) is 13.6 Å². The van der Waals surface area contributed by atoms with Crippen molar-refractivity contribution in [3.8, 4) is 11.5 Å². The molecule has 39 heavy (non-hydrogen) atoms. The highest BCUT2D eigenvalue weighted by molar-refractivity contribution is 7.89. The zero-order valence-electron chi connectivity index (χ0n) is 23.3. The minimum atomic E-state index is -4.15. The molecular weight excluding hydrogens is 512 g/mol. The molecule has 0 heterocycles. The van der Waals surface area contributed by atoms with E-state index in [0.717, 1.165) is 25.7 Å². The lowest BCUT2D eigenvalue weighted by Gasteiger charge is -2.28. The van der Waals surface area contributed by atoms with Crippen LogP contribution in [-0.2, 0) is 10.0 Å². The first-order valence-electron chi connectivity index (χ1n) is 13.1. The van der Waals surface area contributed by atoms with Crippen molar-refractivity contribution in [2.45, 2.75) is 51.3 Å². The van der Waals surface area contributed by atoms with Gasteiger partial charge in [-0.2, -0.15) is 0 Å². The van der Waals surface area contributed by atoms with E-state index in [1.807, 2.05) is 6.07 Å². The monoisotopic (exact) mass is 554 g/mol. The van der Waals surface area contributed by atoms with Gasteiger partial charge in [0.05, 0.1) is 5.69 Å². The molecule has 0 aliphatic carbocycles. The van der Waals surface area contributed by atoms with Crippen LogP contribution in [0.25, 0.3) is 0 Å². The van der Waals surface area contributed by atoms with E-state index in [1.54, 1.807) is 61.7 Å². The molecule has 0 unspecified atom stereocenters. The van der Waals surface area contributed by atoms with Crippen molar-refractivity contribution in [3.63, 3.8) is 0 Å². The van der Waals surface area contributed by atoms with Crippen LogP contribution >= 0.6 is 0 Å². The van der Waals surface area contributed by atoms with Crippen LogP contribution in [0.15, 0.2) is 89.9 Å². The van der Waals surface area contributed by atoms with Crippen LogP contribution in [0.3, 0.4) is 0 Å². The number of benzene rings is 2. The number of amides is 1. The van der Waals surface area contributed by atoms with Crippen LogP contribution in [-0.4, -0.2) is 40.2 Å². The van der Waals surface area contributed by atoms with Gasteiger partial charge in [0.25, 0.3) is 5.91 Å². The molecule has 0 spiro atoms. The number of nitrogens with zero attached hydrogens (tertiary/aromatic N) is 2. The fourth-order valence-corrected chi connectivity index (χ4v) is 4.12. The van der Waals surface area contributed by atoms with Crippen LogP contribution in [0.5, 0.6) is 11.5 Å². The summed E-state index contributed by atoms with van der Waals surface area (Å²) in [5, 5.41) is 8.29. The highest BCUT2D eigenvalue weighted by atomic mass is 32.2. The predicted octanol–water partition coefficient (Wildman–Crippen LogP) is 6.23. The van der Waals surface area contributed by atoms with E-state index in [4.69, 9.17) is 9.88 Å². The molecule has 2 aromatic carbocycles. The molecule has 0 saturated heterocycles. The van der Waals surface area contributed by atoms with E-state index >= 15 is 0 Å². The van der Waals surface area contributed by atoms with Crippen molar-refractivity contribution in [2.24, 2.45) is 10.1 Å². The molecule has 8 nitrogen and oxygen atoms in total. The van der Waals surface area contributed by atoms with E-state index < -0.39 is 10.0 Å². The highest BCUT2D eigenvalue weighted by Crippen LogP contribution is 2.39. The molecule has 0 aliphatic rings. The summed E-state index contributed by atoms with van der Waals surface area (Å²) in [5.74, 6) is 0.283. The van der Waals surface area contributed by atoms with Crippen LogP contribution in [0.4, 0.5) is 5.69 Å². The number of sulfonamides is 1. The van der Waals surface area contributed by atoms with E-state index in [-0.39, 0.29) is 22.1 Å². The number of carbonyl (C=O) groups is 1. The molecular formula is C30H42N4O4S. The van der Waals surface area contributed by atoms with Crippen molar-refractivity contribution < 1.29 is 17.9 Å². The van der Waals surface area contributed by atoms with Gasteiger partial charge in [-0.05, 0) is 50.1 Å². The Hall–Kier alpha value is -3.69. The van der Waals surface area contributed by atoms with Gasteiger partial charge in [0, 0.05) is 37.6 Å². The summed E-state index contributed by atoms with van der Waals surface area (Å²) in [6.45, 7) is 14.7. The van der Waals surface area contributed by atoms with E-state index in [0.29, 0.717) is 31.1 Å². The van der Waals surface area contributed by atoms with Crippen molar-refractivity contribution in [1.29, 1.82) is 0 Å². The molecule has 0 atom stereocenters. The highest BCUT2D eigenvalue weighted by Gasteiger charge is 2.26. The van der Waals surface area contributed by atoms with Gasteiger partial charge < -0.3 is 15.0 Å². The number of unbranched alkanes of at least 4 members (excludes halogenated alkanes) is 2. The van der Waals surface area contributed by atoms with Gasteiger partial charge >= 0.3 is 0 Å². The number of rotatable bonds is 15. The van der Waals surface area contributed by atoms with Crippen LogP contribution < -0.4 is 20.1 Å². The molecule has 0 saturated carbocycles. The van der Waals surface area contributed by atoms with Crippen LogP contribution in [0, 0.1) is 0 Å². The minimum absolute atomic E-state index is 0.147. The van der Waals surface area contributed by atoms with Crippen LogP contribution in [0.1, 0.15) is 56.8 Å². The second kappa shape index (κ2) is 18.5. The molecule has 0 bridgehead atoms. The van der Waals surface area contributed by atoms with Gasteiger partial charge in [-0.1, -0.05) is 70.2 Å². The van der Waals surface area contributed by atoms with Crippen LogP contribution in [0.2, 0.25) is 0 Å². The second-order valence-corrected chi connectivity index (χ2v) is 9.97. The quantitative estimate of drug-likeness (QED) is 0.200. The Kier molecular flexibility index (Phi) is 15.9. The van der Waals surface area contributed by atoms with E-state index in [2.05, 4.69) is 42.2 Å². The molecule has 3 N–H and O–H groups in total. The average Bonchev–Trinajstić information content (AvgIpc) is 2.92. The number of nitrogens with two attached hydrogens (primary N) is 1. The Balaban J connectivity index is 0.000000824. The zero-order chi connectivity index (χ0) is 29.1. The summed E-state index contributed by atoms with van der Waals surface area (Å²) in [7, 11) is -4.15. The van der Waals surface area contributed by atoms with Gasteiger partial charge in [0.15, 0.2) is 5.75 Å². The predicted molar refractivity (Wildman–Crippen MR) is 162 cm³/mol. The largest absolute Gasteiger partial charge is 0.454 e. The number of primary sulfonamides is 1. The van der Waals surface area contributed by atoms with Gasteiger partial charge in [0.1, 0.15) is 10.6 Å². The topological polar surface area (TPSA) is 114 Å². The molecule has 0 fully saturated rings. The summed E-state index contributed by atoms with van der Waals surface area (Å²) >= 11 is 0. The summed E-state index contributed by atoms with van der Waals surface area (Å²) in [5.41, 5.74) is 0.790. The zero-order valence-corrected chi connectivity index (χ0v) is 24.1. The third-order valence-corrected chi connectivity index (χ3v) is 6.25. The molecule has 1 amide bonds. The number of carbonyl (C=O) groups excluding carboxylic acids is 1. The fraction of sp³-hybridized carbons (Fsp3) is 0.333. The number of anilines is 1. The molecule has 0 radical (unpaired) electrons. The van der Waals surface area contributed by atoms with Crippen molar-refractivity contribution in [1.82, 2.24) is 5.32 Å². The average molecular weight is 555 g/mol. The SMILES string of the molecule is C=C/C=C\C=NC=C.CCCCN(CCCC)c1cc(C(=O)NCC)cc(S(N)(=O)=O)c1Oc1ccccc1. The van der Waals surface area contributed by atoms with Gasteiger partial charge in [0.2, 0.25) is 10.0 Å². The Labute approximate surface area is 234 Å². The molecule has 212 valence electrons. The Morgan fingerprint density at radius 1 is 1.05 bits per heavy atom. The maximum Gasteiger partial charge on any atom is 0.251 e. The number of nitrogens with one attached hydrogen (secondary N) is 1. The van der Waals surface area contributed by atoms with Crippen molar-refractivity contribution >= 4 is 27.8 Å². The smallest absolute Gasteiger partial charge is 0.251 e. The molecule has 0 aliphatic heterocycles. The van der Waals surface area contributed by atoms with Gasteiger partial charge in [-0.15, -0.1) is 0 Å². The molecule has 9 heteroatoms. The molecule has 0 aromatic heterocycles. The van der Waals surface area contributed by atoms with Crippen molar-refractivity contribution in [2.75, 3.05) is 24.5 Å². The molecule has 2 aromatic rings. The number of aliphatic imine (C=N–C) groups is 1. The third kappa shape index (κ3) is 12.1. The fourth-order valence-electron chi connectivity index (χ4n) is 3.43. The third-order valence-electron chi connectivity index (χ3n) is 5.33. The van der Waals surface area contributed by atoms with Crippen molar-refractivity contribution in [3.05, 3.63) is 85.6 Å². The first-order valence-corrected chi connectivity index (χ1v) is 14.7. The van der Waals surface area contributed by atoms with Gasteiger partial charge in [-0.3, -0.25) is 9.79 Å². The summed E-state index contributed by atoms with van der Waals surface area (Å²) in [4.78, 5) is 18.2. The Bertz CT molecular complexity index is 1180. The lowest BCUT2D eigenvalue weighted by atomic mass is 10.1. The lowest BCUT2D eigenvalue weighted by molar-refractivity contribution is 0.0955. The number of hydrogen-bond acceptors (Lipinski definition) is 6. The summed E-state index contributed by atoms with van der Waals surface area (Å²) in [6, 6.07) is 11.9. The number of ether oxygens (including phenoxy) is 1.